The normalized spacial score (nSPS) is 12.3. The summed E-state index contributed by atoms with van der Waals surface area (Å²) < 4.78 is 0. The van der Waals surface area contributed by atoms with Crippen LogP contribution >= 0.6 is 11.6 Å². The highest BCUT2D eigenvalue weighted by Gasteiger charge is 2.15. The number of carbonyl (C=O) groups is 1. The predicted molar refractivity (Wildman–Crippen MR) is 98.9 cm³/mol. The van der Waals surface area contributed by atoms with Crippen molar-refractivity contribution in [1.29, 1.82) is 0 Å². The molecular formula is C19H19ClN2O2. The quantitative estimate of drug-likeness (QED) is 0.476. The van der Waals surface area contributed by atoms with Gasteiger partial charge in [0.15, 0.2) is 0 Å². The summed E-state index contributed by atoms with van der Waals surface area (Å²) in [5.74, 6) is -0.504. The van der Waals surface area contributed by atoms with Crippen LogP contribution in [0.3, 0.4) is 0 Å². The molecule has 0 aliphatic carbocycles. The maximum Gasteiger partial charge on any atom is 0.256 e. The smallest absolute Gasteiger partial charge is 0.256 e. The number of nitrogens with one attached hydrogen (secondary N) is 1. The molecule has 0 saturated heterocycles. The van der Waals surface area contributed by atoms with Gasteiger partial charge in [-0.15, -0.1) is 0 Å². The molecule has 0 radical (unpaired) electrons. The molecule has 24 heavy (non-hydrogen) atoms. The molecule has 124 valence electrons. The fourth-order valence-electron chi connectivity index (χ4n) is 1.99. The van der Waals surface area contributed by atoms with Crippen molar-refractivity contribution < 1.29 is 9.90 Å². The second kappa shape index (κ2) is 8.31. The van der Waals surface area contributed by atoms with E-state index in [0.29, 0.717) is 16.3 Å². The summed E-state index contributed by atoms with van der Waals surface area (Å²) in [5.41, 5.74) is 1.29. The standard InChI is InChI=1S/C19H19ClN2O2/c1-13(2)22-19(24)17(18(23)14-6-4-3-5-7-14)12-21-16-10-8-15(20)9-11-16/h3-13,23H,1-2H3,(H,22,24). The van der Waals surface area contributed by atoms with E-state index in [1.165, 1.54) is 6.21 Å². The highest BCUT2D eigenvalue weighted by Crippen LogP contribution is 2.19. The highest BCUT2D eigenvalue weighted by molar-refractivity contribution is 6.30. The lowest BCUT2D eigenvalue weighted by Crippen LogP contribution is -2.32. The minimum atomic E-state index is -0.385. The van der Waals surface area contributed by atoms with Gasteiger partial charge < -0.3 is 10.4 Å². The first-order valence-electron chi connectivity index (χ1n) is 7.56. The first-order chi connectivity index (χ1) is 11.5. The zero-order valence-corrected chi connectivity index (χ0v) is 14.3. The average Bonchev–Trinajstić information content (AvgIpc) is 2.56. The van der Waals surface area contributed by atoms with Gasteiger partial charge in [-0.2, -0.15) is 0 Å². The number of nitrogens with zero attached hydrogens (tertiary/aromatic N) is 1. The van der Waals surface area contributed by atoms with E-state index in [4.69, 9.17) is 11.6 Å². The van der Waals surface area contributed by atoms with E-state index in [2.05, 4.69) is 10.3 Å². The maximum atomic E-state index is 12.4. The molecule has 0 aliphatic rings. The third-order valence-electron chi connectivity index (χ3n) is 3.14. The van der Waals surface area contributed by atoms with Crippen LogP contribution in [0.15, 0.2) is 65.2 Å². The molecule has 0 heterocycles. The highest BCUT2D eigenvalue weighted by atomic mass is 35.5. The number of hydrogen-bond acceptors (Lipinski definition) is 3. The fraction of sp³-hybridized carbons (Fsp3) is 0.158. The molecule has 0 spiro atoms. The van der Waals surface area contributed by atoms with Crippen LogP contribution in [0.25, 0.3) is 5.76 Å². The van der Waals surface area contributed by atoms with Gasteiger partial charge in [-0.3, -0.25) is 9.79 Å². The number of aliphatic hydroxyl groups is 1. The Morgan fingerprint density at radius 3 is 2.33 bits per heavy atom. The monoisotopic (exact) mass is 342 g/mol. The lowest BCUT2D eigenvalue weighted by atomic mass is 10.1. The van der Waals surface area contributed by atoms with Crippen molar-refractivity contribution in [2.75, 3.05) is 0 Å². The summed E-state index contributed by atoms with van der Waals surface area (Å²) in [4.78, 5) is 16.7. The zero-order valence-electron chi connectivity index (χ0n) is 13.5. The van der Waals surface area contributed by atoms with Gasteiger partial charge in [-0.05, 0) is 38.1 Å². The van der Waals surface area contributed by atoms with Gasteiger partial charge in [-0.25, -0.2) is 0 Å². The number of halogens is 1. The van der Waals surface area contributed by atoms with Crippen molar-refractivity contribution in [2.24, 2.45) is 4.99 Å². The van der Waals surface area contributed by atoms with E-state index in [1.54, 1.807) is 48.5 Å². The van der Waals surface area contributed by atoms with E-state index in [9.17, 15) is 9.90 Å². The Labute approximate surface area is 146 Å². The Kier molecular flexibility index (Phi) is 6.15. The van der Waals surface area contributed by atoms with Gasteiger partial charge in [0.05, 0.1) is 11.3 Å². The van der Waals surface area contributed by atoms with Crippen molar-refractivity contribution in [3.8, 4) is 0 Å². The SMILES string of the molecule is CC(C)NC(=O)C(C=Nc1ccc(Cl)cc1)=C(O)c1ccccc1. The van der Waals surface area contributed by atoms with E-state index >= 15 is 0 Å². The molecule has 0 atom stereocenters. The summed E-state index contributed by atoms with van der Waals surface area (Å²) in [6, 6.07) is 15.7. The number of aliphatic hydroxyl groups excluding tert-OH is 1. The van der Waals surface area contributed by atoms with Crippen molar-refractivity contribution in [3.05, 3.63) is 70.8 Å². The van der Waals surface area contributed by atoms with Gasteiger partial charge in [0.2, 0.25) is 0 Å². The Balaban J connectivity index is 2.39. The summed E-state index contributed by atoms with van der Waals surface area (Å²) in [5, 5.41) is 13.9. The van der Waals surface area contributed by atoms with E-state index in [-0.39, 0.29) is 23.3 Å². The minimum absolute atomic E-state index is 0.0556. The van der Waals surface area contributed by atoms with Crippen LogP contribution in [0.2, 0.25) is 5.02 Å². The third kappa shape index (κ3) is 4.96. The molecular weight excluding hydrogens is 324 g/mol. The van der Waals surface area contributed by atoms with E-state index in [0.717, 1.165) is 0 Å². The molecule has 5 heteroatoms. The molecule has 0 unspecified atom stereocenters. The molecule has 0 bridgehead atoms. The van der Waals surface area contributed by atoms with Crippen LogP contribution < -0.4 is 5.32 Å². The second-order valence-electron chi connectivity index (χ2n) is 5.49. The number of benzene rings is 2. The molecule has 0 aliphatic heterocycles. The predicted octanol–water partition coefficient (Wildman–Crippen LogP) is 4.54. The van der Waals surface area contributed by atoms with Crippen molar-refractivity contribution in [1.82, 2.24) is 5.32 Å². The van der Waals surface area contributed by atoms with Crippen LogP contribution in [0, 0.1) is 0 Å². The van der Waals surface area contributed by atoms with Crippen LogP contribution in [-0.2, 0) is 4.79 Å². The lowest BCUT2D eigenvalue weighted by Gasteiger charge is -2.11. The van der Waals surface area contributed by atoms with Crippen LogP contribution in [0.5, 0.6) is 0 Å². The molecule has 2 N–H and O–H groups in total. The number of aliphatic imine (C=N–C) groups is 1. The van der Waals surface area contributed by atoms with E-state index in [1.807, 2.05) is 19.9 Å². The van der Waals surface area contributed by atoms with Gasteiger partial charge in [0, 0.05) is 22.8 Å². The van der Waals surface area contributed by atoms with Crippen LogP contribution in [0.4, 0.5) is 5.69 Å². The first-order valence-corrected chi connectivity index (χ1v) is 7.94. The zero-order chi connectivity index (χ0) is 17.5. The third-order valence-corrected chi connectivity index (χ3v) is 3.39. The average molecular weight is 343 g/mol. The first kappa shape index (κ1) is 17.8. The summed E-state index contributed by atoms with van der Waals surface area (Å²) >= 11 is 5.85. The lowest BCUT2D eigenvalue weighted by molar-refractivity contribution is -0.117. The Morgan fingerprint density at radius 1 is 1.12 bits per heavy atom. The molecule has 2 aromatic carbocycles. The molecule has 0 saturated carbocycles. The Hall–Kier alpha value is -2.59. The number of hydrogen-bond donors (Lipinski definition) is 2. The summed E-state index contributed by atoms with van der Waals surface area (Å²) in [7, 11) is 0. The van der Waals surface area contributed by atoms with Crippen molar-refractivity contribution in [2.45, 2.75) is 19.9 Å². The molecule has 2 aromatic rings. The Bertz CT molecular complexity index is 751. The summed E-state index contributed by atoms with van der Waals surface area (Å²) in [6.07, 6.45) is 1.36. The van der Waals surface area contributed by atoms with Crippen LogP contribution in [-0.4, -0.2) is 23.3 Å². The van der Waals surface area contributed by atoms with Gasteiger partial charge in [0.1, 0.15) is 5.76 Å². The van der Waals surface area contributed by atoms with Crippen molar-refractivity contribution in [3.63, 3.8) is 0 Å². The molecule has 1 amide bonds. The van der Waals surface area contributed by atoms with Gasteiger partial charge >= 0.3 is 0 Å². The maximum absolute atomic E-state index is 12.4. The largest absolute Gasteiger partial charge is 0.506 e. The summed E-state index contributed by atoms with van der Waals surface area (Å²) in [6.45, 7) is 3.71. The number of rotatable bonds is 5. The van der Waals surface area contributed by atoms with Gasteiger partial charge in [-0.1, -0.05) is 41.9 Å². The fourth-order valence-corrected chi connectivity index (χ4v) is 2.11. The van der Waals surface area contributed by atoms with Crippen LogP contribution in [0.1, 0.15) is 19.4 Å². The topological polar surface area (TPSA) is 61.7 Å². The number of amides is 1. The molecule has 0 fully saturated rings. The number of carbonyl (C=O) groups excluding carboxylic acids is 1. The van der Waals surface area contributed by atoms with Gasteiger partial charge in [0.25, 0.3) is 5.91 Å². The molecule has 2 rings (SSSR count). The van der Waals surface area contributed by atoms with E-state index < -0.39 is 0 Å². The van der Waals surface area contributed by atoms with Crippen molar-refractivity contribution >= 4 is 35.2 Å². The second-order valence-corrected chi connectivity index (χ2v) is 5.93. The Morgan fingerprint density at radius 2 is 1.75 bits per heavy atom. The molecule has 4 nitrogen and oxygen atoms in total. The minimum Gasteiger partial charge on any atom is -0.506 e. The molecule has 0 aromatic heterocycles.